The Hall–Kier alpha value is -3.41. The number of nitriles is 1. The molecule has 156 valence electrons. The standard InChI is InChI=1S/C21H25N7O2/c22-11-14-1-3-15(4-2-14)21(30)28-9-7-27(8-10-28)18-13-25-20-19(26-18)16(12-24-20)5-6-17(23)29/h5-6,12-15H,1-4,7-10H2,(H2,23,29)(H,24,25)/b6-5+/t14-,15-. The number of aromatic amines is 1. The topological polar surface area (TPSA) is 132 Å². The number of fused-ring (bicyclic) bond motifs is 1. The van der Waals surface area contributed by atoms with Gasteiger partial charge in [-0.3, -0.25) is 9.59 Å². The van der Waals surface area contributed by atoms with Crippen molar-refractivity contribution in [1.29, 1.82) is 5.26 Å². The van der Waals surface area contributed by atoms with Crippen molar-refractivity contribution < 1.29 is 9.59 Å². The minimum absolute atomic E-state index is 0.0525. The summed E-state index contributed by atoms with van der Waals surface area (Å²) in [5.74, 6) is 0.608. The number of nitrogens with two attached hydrogens (primary N) is 1. The summed E-state index contributed by atoms with van der Waals surface area (Å²) in [5, 5.41) is 9.04. The fraction of sp³-hybridized carbons (Fsp3) is 0.476. The molecule has 2 amide bonds. The molecule has 0 spiro atoms. The molecule has 0 radical (unpaired) electrons. The van der Waals surface area contributed by atoms with E-state index in [-0.39, 0.29) is 17.7 Å². The van der Waals surface area contributed by atoms with Gasteiger partial charge < -0.3 is 20.5 Å². The van der Waals surface area contributed by atoms with E-state index < -0.39 is 5.91 Å². The van der Waals surface area contributed by atoms with Crippen LogP contribution in [-0.2, 0) is 9.59 Å². The minimum Gasteiger partial charge on any atom is -0.366 e. The van der Waals surface area contributed by atoms with E-state index in [4.69, 9.17) is 16.0 Å². The van der Waals surface area contributed by atoms with E-state index in [2.05, 4.69) is 20.9 Å². The van der Waals surface area contributed by atoms with Gasteiger partial charge in [-0.1, -0.05) is 0 Å². The molecule has 3 N–H and O–H groups in total. The predicted octanol–water partition coefficient (Wildman–Crippen LogP) is 1.43. The van der Waals surface area contributed by atoms with Crippen LogP contribution >= 0.6 is 0 Å². The number of carbonyl (C=O) groups is 2. The van der Waals surface area contributed by atoms with Crippen LogP contribution in [0.25, 0.3) is 17.2 Å². The molecule has 2 aromatic rings. The van der Waals surface area contributed by atoms with Gasteiger partial charge in [-0.15, -0.1) is 0 Å². The van der Waals surface area contributed by atoms with Gasteiger partial charge in [0.1, 0.15) is 11.3 Å². The van der Waals surface area contributed by atoms with Crippen LogP contribution in [0.4, 0.5) is 5.82 Å². The molecule has 9 heteroatoms. The number of anilines is 1. The van der Waals surface area contributed by atoms with Gasteiger partial charge in [0.15, 0.2) is 5.65 Å². The molecule has 1 aliphatic heterocycles. The van der Waals surface area contributed by atoms with E-state index in [1.54, 1.807) is 18.5 Å². The van der Waals surface area contributed by atoms with Gasteiger partial charge in [-0.05, 0) is 31.8 Å². The number of hydrogen-bond donors (Lipinski definition) is 2. The lowest BCUT2D eigenvalue weighted by molar-refractivity contribution is -0.137. The summed E-state index contributed by atoms with van der Waals surface area (Å²) < 4.78 is 0. The first kappa shape index (κ1) is 19.9. The highest BCUT2D eigenvalue weighted by Gasteiger charge is 2.31. The predicted molar refractivity (Wildman–Crippen MR) is 112 cm³/mol. The van der Waals surface area contributed by atoms with Gasteiger partial charge >= 0.3 is 0 Å². The first-order valence-corrected chi connectivity index (χ1v) is 10.3. The first-order valence-electron chi connectivity index (χ1n) is 10.3. The van der Waals surface area contributed by atoms with Crippen molar-refractivity contribution in [2.45, 2.75) is 25.7 Å². The largest absolute Gasteiger partial charge is 0.366 e. The maximum Gasteiger partial charge on any atom is 0.241 e. The summed E-state index contributed by atoms with van der Waals surface area (Å²) in [6.45, 7) is 2.68. The summed E-state index contributed by atoms with van der Waals surface area (Å²) >= 11 is 0. The Labute approximate surface area is 174 Å². The average Bonchev–Trinajstić information content (AvgIpc) is 3.19. The maximum absolute atomic E-state index is 12.9. The highest BCUT2D eigenvalue weighted by Crippen LogP contribution is 2.30. The molecule has 0 aromatic carbocycles. The van der Waals surface area contributed by atoms with E-state index in [0.717, 1.165) is 37.1 Å². The quantitative estimate of drug-likeness (QED) is 0.737. The van der Waals surface area contributed by atoms with Gasteiger partial charge in [-0.25, -0.2) is 9.97 Å². The molecule has 2 aromatic heterocycles. The van der Waals surface area contributed by atoms with Crippen LogP contribution in [-0.4, -0.2) is 57.8 Å². The molecule has 3 heterocycles. The number of nitrogens with zero attached hydrogens (tertiary/aromatic N) is 5. The average molecular weight is 407 g/mol. The lowest BCUT2D eigenvalue weighted by atomic mass is 9.82. The molecule has 1 saturated heterocycles. The Morgan fingerprint density at radius 1 is 1.20 bits per heavy atom. The normalized spacial score (nSPS) is 22.4. The van der Waals surface area contributed by atoms with Crippen LogP contribution in [0.5, 0.6) is 0 Å². The van der Waals surface area contributed by atoms with E-state index in [1.165, 1.54) is 6.08 Å². The van der Waals surface area contributed by atoms with Crippen molar-refractivity contribution in [2.75, 3.05) is 31.1 Å². The van der Waals surface area contributed by atoms with Crippen molar-refractivity contribution in [3.8, 4) is 6.07 Å². The van der Waals surface area contributed by atoms with Gasteiger partial charge in [0.05, 0.1) is 12.3 Å². The fourth-order valence-electron chi connectivity index (χ4n) is 4.24. The third-order valence-corrected chi connectivity index (χ3v) is 6.00. The number of primary amides is 1. The SMILES string of the molecule is N#C[C@H]1CC[C@H](C(=O)N2CCN(c3cnc4[nH]cc(/C=C/C(N)=O)c4n3)CC2)CC1. The van der Waals surface area contributed by atoms with Crippen molar-refractivity contribution in [3.63, 3.8) is 0 Å². The summed E-state index contributed by atoms with van der Waals surface area (Å²) in [5.41, 5.74) is 7.25. The number of rotatable bonds is 4. The molecular weight excluding hydrogens is 382 g/mol. The number of amides is 2. The summed E-state index contributed by atoms with van der Waals surface area (Å²) in [6.07, 6.45) is 9.66. The summed E-state index contributed by atoms with van der Waals surface area (Å²) in [7, 11) is 0. The smallest absolute Gasteiger partial charge is 0.241 e. The van der Waals surface area contributed by atoms with E-state index in [0.29, 0.717) is 37.3 Å². The second-order valence-electron chi connectivity index (χ2n) is 7.90. The first-order chi connectivity index (χ1) is 14.5. The molecule has 30 heavy (non-hydrogen) atoms. The zero-order valence-corrected chi connectivity index (χ0v) is 16.8. The van der Waals surface area contributed by atoms with Crippen molar-refractivity contribution in [3.05, 3.63) is 24.0 Å². The molecule has 1 saturated carbocycles. The lowest BCUT2D eigenvalue weighted by Crippen LogP contribution is -2.51. The summed E-state index contributed by atoms with van der Waals surface area (Å²) in [4.78, 5) is 40.1. The van der Waals surface area contributed by atoms with Crippen LogP contribution in [0, 0.1) is 23.2 Å². The Balaban J connectivity index is 1.40. The van der Waals surface area contributed by atoms with Gasteiger partial charge in [0, 0.05) is 55.9 Å². The Morgan fingerprint density at radius 2 is 1.93 bits per heavy atom. The van der Waals surface area contributed by atoms with Crippen molar-refractivity contribution >= 4 is 34.9 Å². The number of aromatic nitrogens is 3. The zero-order valence-electron chi connectivity index (χ0n) is 16.8. The molecule has 1 aliphatic carbocycles. The Bertz CT molecular complexity index is 1010. The minimum atomic E-state index is -0.518. The number of H-pyrrole nitrogens is 1. The third kappa shape index (κ3) is 4.13. The van der Waals surface area contributed by atoms with Gasteiger partial charge in [0.25, 0.3) is 0 Å². The Morgan fingerprint density at radius 3 is 2.60 bits per heavy atom. The lowest BCUT2D eigenvalue weighted by Gasteiger charge is -2.37. The second-order valence-corrected chi connectivity index (χ2v) is 7.90. The summed E-state index contributed by atoms with van der Waals surface area (Å²) in [6, 6.07) is 2.32. The van der Waals surface area contributed by atoms with Crippen LogP contribution in [0.2, 0.25) is 0 Å². The van der Waals surface area contributed by atoms with E-state index in [9.17, 15) is 9.59 Å². The van der Waals surface area contributed by atoms with Crippen LogP contribution in [0.1, 0.15) is 31.2 Å². The van der Waals surface area contributed by atoms with Crippen LogP contribution in [0.15, 0.2) is 18.5 Å². The monoisotopic (exact) mass is 407 g/mol. The van der Waals surface area contributed by atoms with E-state index >= 15 is 0 Å². The molecule has 4 rings (SSSR count). The third-order valence-electron chi connectivity index (χ3n) is 6.00. The number of hydrogen-bond acceptors (Lipinski definition) is 6. The molecule has 0 atom stereocenters. The fourth-order valence-corrected chi connectivity index (χ4v) is 4.24. The van der Waals surface area contributed by atoms with Gasteiger partial charge in [0.2, 0.25) is 11.8 Å². The highest BCUT2D eigenvalue weighted by atomic mass is 16.2. The van der Waals surface area contributed by atoms with Crippen molar-refractivity contribution in [1.82, 2.24) is 19.9 Å². The number of nitrogens with one attached hydrogen (secondary N) is 1. The molecular formula is C21H25N7O2. The highest BCUT2D eigenvalue weighted by molar-refractivity contribution is 5.93. The maximum atomic E-state index is 12.9. The van der Waals surface area contributed by atoms with E-state index in [1.807, 2.05) is 4.90 Å². The Kier molecular flexibility index (Phi) is 5.65. The van der Waals surface area contributed by atoms with Crippen LogP contribution in [0.3, 0.4) is 0 Å². The number of piperazine rings is 1. The molecule has 9 nitrogen and oxygen atoms in total. The second kappa shape index (κ2) is 8.53. The molecule has 2 fully saturated rings. The number of carbonyl (C=O) groups excluding carboxylic acids is 2. The molecule has 0 unspecified atom stereocenters. The van der Waals surface area contributed by atoms with Crippen molar-refractivity contribution in [2.24, 2.45) is 17.6 Å². The zero-order chi connectivity index (χ0) is 21.1. The van der Waals surface area contributed by atoms with Gasteiger partial charge in [-0.2, -0.15) is 5.26 Å². The molecule has 0 bridgehead atoms. The van der Waals surface area contributed by atoms with Crippen LogP contribution < -0.4 is 10.6 Å². The molecule has 2 aliphatic rings.